The number of aromatic nitrogens is 2. The van der Waals surface area contributed by atoms with Crippen LogP contribution in [0.2, 0.25) is 0 Å². The lowest BCUT2D eigenvalue weighted by Gasteiger charge is -2.11. The van der Waals surface area contributed by atoms with Gasteiger partial charge in [0.25, 0.3) is 0 Å². The molecular formula is C44H32N2. The Kier molecular flexibility index (Phi) is 7.09. The van der Waals surface area contributed by atoms with Gasteiger partial charge in [0.2, 0.25) is 0 Å². The quantitative estimate of drug-likeness (QED) is 0.177. The summed E-state index contributed by atoms with van der Waals surface area (Å²) in [6.07, 6.45) is 10.0. The summed E-state index contributed by atoms with van der Waals surface area (Å²) in [7, 11) is 0. The van der Waals surface area contributed by atoms with E-state index in [4.69, 9.17) is 0 Å². The molecule has 0 N–H and O–H groups in total. The molecule has 0 spiro atoms. The monoisotopic (exact) mass is 588 g/mol. The number of rotatable bonds is 6. The first-order valence-electron chi connectivity index (χ1n) is 15.7. The second-order valence-corrected chi connectivity index (χ2v) is 11.6. The van der Waals surface area contributed by atoms with Crippen molar-refractivity contribution < 1.29 is 0 Å². The van der Waals surface area contributed by atoms with E-state index in [-0.39, 0.29) is 0 Å². The molecule has 218 valence electrons. The Labute approximate surface area is 269 Å². The van der Waals surface area contributed by atoms with Crippen molar-refractivity contribution in [3.05, 3.63) is 176 Å². The minimum atomic E-state index is 0.947. The molecule has 0 saturated carbocycles. The summed E-state index contributed by atoms with van der Waals surface area (Å²) in [5, 5.41) is 4.94. The number of hydrogen-bond donors (Lipinski definition) is 0. The van der Waals surface area contributed by atoms with Crippen molar-refractivity contribution in [3.8, 4) is 39.1 Å². The summed E-state index contributed by atoms with van der Waals surface area (Å²) in [6, 6.07) is 52.6. The van der Waals surface area contributed by atoms with Crippen LogP contribution in [-0.4, -0.2) is 9.55 Å². The lowest BCUT2D eigenvalue weighted by Crippen LogP contribution is -1.94. The number of pyridine rings is 1. The third kappa shape index (κ3) is 5.00. The number of nitrogens with zero attached hydrogens (tertiary/aromatic N) is 2. The van der Waals surface area contributed by atoms with Gasteiger partial charge in [-0.25, -0.2) is 0 Å². The van der Waals surface area contributed by atoms with E-state index in [1.165, 1.54) is 54.8 Å². The SMILES string of the molecule is C/C=C\C=C\c1ccc(-c2ccc3c(ccc4c5ccc(-c6ccc(-c7ccccc7)cc6)cc5n(-c5ccccc5)c34)c2)cn1. The van der Waals surface area contributed by atoms with Gasteiger partial charge in [0.1, 0.15) is 0 Å². The van der Waals surface area contributed by atoms with Gasteiger partial charge in [0.15, 0.2) is 0 Å². The van der Waals surface area contributed by atoms with Crippen molar-refractivity contribution in [1.29, 1.82) is 0 Å². The van der Waals surface area contributed by atoms with Crippen molar-refractivity contribution in [2.45, 2.75) is 6.92 Å². The fourth-order valence-electron chi connectivity index (χ4n) is 6.47. The van der Waals surface area contributed by atoms with Gasteiger partial charge in [-0.2, -0.15) is 0 Å². The molecule has 0 radical (unpaired) electrons. The number of hydrogen-bond acceptors (Lipinski definition) is 1. The van der Waals surface area contributed by atoms with Gasteiger partial charge >= 0.3 is 0 Å². The Hall–Kier alpha value is -5.99. The minimum absolute atomic E-state index is 0.947. The Morgan fingerprint density at radius 1 is 0.500 bits per heavy atom. The van der Waals surface area contributed by atoms with Gasteiger partial charge in [-0.3, -0.25) is 4.98 Å². The summed E-state index contributed by atoms with van der Waals surface area (Å²) in [4.78, 5) is 4.67. The van der Waals surface area contributed by atoms with E-state index in [2.05, 4.69) is 155 Å². The zero-order valence-corrected chi connectivity index (χ0v) is 25.6. The highest BCUT2D eigenvalue weighted by Gasteiger charge is 2.16. The molecule has 0 saturated heterocycles. The van der Waals surface area contributed by atoms with Crippen LogP contribution in [0.25, 0.3) is 77.7 Å². The highest BCUT2D eigenvalue weighted by atomic mass is 15.0. The lowest BCUT2D eigenvalue weighted by molar-refractivity contribution is 1.19. The Bertz CT molecular complexity index is 2380. The zero-order chi connectivity index (χ0) is 30.9. The molecular weight excluding hydrogens is 556 g/mol. The topological polar surface area (TPSA) is 17.8 Å². The molecule has 0 amide bonds. The summed E-state index contributed by atoms with van der Waals surface area (Å²) in [5.74, 6) is 0. The fourth-order valence-corrected chi connectivity index (χ4v) is 6.47. The van der Waals surface area contributed by atoms with Gasteiger partial charge in [-0.1, -0.05) is 133 Å². The van der Waals surface area contributed by atoms with Crippen molar-refractivity contribution in [1.82, 2.24) is 9.55 Å². The maximum atomic E-state index is 4.67. The molecule has 2 heterocycles. The fraction of sp³-hybridized carbons (Fsp3) is 0.0227. The first kappa shape index (κ1) is 27.6. The summed E-state index contributed by atoms with van der Waals surface area (Å²) in [5.41, 5.74) is 11.7. The van der Waals surface area contributed by atoms with Crippen LogP contribution in [0.1, 0.15) is 12.6 Å². The summed E-state index contributed by atoms with van der Waals surface area (Å²) < 4.78 is 2.43. The van der Waals surface area contributed by atoms with E-state index < -0.39 is 0 Å². The molecule has 0 fully saturated rings. The number of benzene rings is 6. The average Bonchev–Trinajstić information content (AvgIpc) is 3.47. The van der Waals surface area contributed by atoms with E-state index in [0.717, 1.165) is 22.5 Å². The molecule has 46 heavy (non-hydrogen) atoms. The van der Waals surface area contributed by atoms with Crippen molar-refractivity contribution >= 4 is 38.7 Å². The number of fused-ring (bicyclic) bond motifs is 5. The van der Waals surface area contributed by atoms with Crippen LogP contribution in [0.5, 0.6) is 0 Å². The van der Waals surface area contributed by atoms with Crippen LogP contribution < -0.4 is 0 Å². The molecule has 2 nitrogen and oxygen atoms in total. The van der Waals surface area contributed by atoms with Crippen molar-refractivity contribution in [2.75, 3.05) is 0 Å². The average molecular weight is 589 g/mol. The zero-order valence-electron chi connectivity index (χ0n) is 25.6. The smallest absolute Gasteiger partial charge is 0.0630 e. The molecule has 6 aromatic carbocycles. The molecule has 0 atom stereocenters. The van der Waals surface area contributed by atoms with Crippen LogP contribution in [0.4, 0.5) is 0 Å². The Balaban J connectivity index is 1.26. The molecule has 0 aliphatic rings. The minimum Gasteiger partial charge on any atom is -0.309 e. The summed E-state index contributed by atoms with van der Waals surface area (Å²) in [6.45, 7) is 2.01. The van der Waals surface area contributed by atoms with Gasteiger partial charge in [-0.15, -0.1) is 0 Å². The van der Waals surface area contributed by atoms with Gasteiger partial charge in [0, 0.05) is 33.6 Å². The number of para-hydroxylation sites is 1. The molecule has 8 aromatic rings. The highest BCUT2D eigenvalue weighted by Crippen LogP contribution is 2.39. The molecule has 0 aliphatic carbocycles. The van der Waals surface area contributed by atoms with Crippen molar-refractivity contribution in [3.63, 3.8) is 0 Å². The van der Waals surface area contributed by atoms with E-state index >= 15 is 0 Å². The maximum absolute atomic E-state index is 4.67. The van der Waals surface area contributed by atoms with Gasteiger partial charge in [-0.05, 0) is 76.5 Å². The van der Waals surface area contributed by atoms with Gasteiger partial charge in [0.05, 0.1) is 16.7 Å². The maximum Gasteiger partial charge on any atom is 0.0630 e. The molecule has 2 heteroatoms. The van der Waals surface area contributed by atoms with Gasteiger partial charge < -0.3 is 4.57 Å². The molecule has 0 bridgehead atoms. The first-order chi connectivity index (χ1) is 22.8. The largest absolute Gasteiger partial charge is 0.309 e. The van der Waals surface area contributed by atoms with Crippen LogP contribution in [0, 0.1) is 0 Å². The first-order valence-corrected chi connectivity index (χ1v) is 15.7. The van der Waals surface area contributed by atoms with Crippen LogP contribution >= 0.6 is 0 Å². The van der Waals surface area contributed by atoms with Crippen LogP contribution in [-0.2, 0) is 0 Å². The number of allylic oxidation sites excluding steroid dienone is 3. The molecule has 0 aliphatic heterocycles. The Morgan fingerprint density at radius 2 is 1.11 bits per heavy atom. The standard InChI is InChI=1S/C44H32N2/c1-2-3-6-13-38-24-20-37(30-45-38)34-21-25-40-36(28-34)23-27-42-41-26-22-35(29-43(41)46(44(40)42)39-14-9-5-10-15-39)33-18-16-32(17-19-33)31-11-7-4-8-12-31/h2-30H,1H3/b3-2-,13-6+. The normalized spacial score (nSPS) is 11.8. The van der Waals surface area contributed by atoms with E-state index in [9.17, 15) is 0 Å². The Morgan fingerprint density at radius 3 is 1.83 bits per heavy atom. The third-order valence-electron chi connectivity index (χ3n) is 8.77. The summed E-state index contributed by atoms with van der Waals surface area (Å²) >= 11 is 0. The molecule has 8 rings (SSSR count). The van der Waals surface area contributed by atoms with Crippen LogP contribution in [0.3, 0.4) is 0 Å². The molecule has 2 aromatic heterocycles. The predicted molar refractivity (Wildman–Crippen MR) is 196 cm³/mol. The van der Waals surface area contributed by atoms with Crippen molar-refractivity contribution in [2.24, 2.45) is 0 Å². The van der Waals surface area contributed by atoms with E-state index in [1.54, 1.807) is 0 Å². The lowest BCUT2D eigenvalue weighted by atomic mass is 9.98. The molecule has 0 unspecified atom stereocenters. The highest BCUT2D eigenvalue weighted by molar-refractivity contribution is 6.19. The third-order valence-corrected chi connectivity index (χ3v) is 8.77. The second-order valence-electron chi connectivity index (χ2n) is 11.6. The van der Waals surface area contributed by atoms with E-state index in [1.807, 2.05) is 37.4 Å². The predicted octanol–water partition coefficient (Wildman–Crippen LogP) is 11.9. The van der Waals surface area contributed by atoms with E-state index in [0.29, 0.717) is 0 Å². The second kappa shape index (κ2) is 11.8. The van der Waals surface area contributed by atoms with Crippen LogP contribution in [0.15, 0.2) is 170 Å².